The number of hydrogen-bond acceptors (Lipinski definition) is 3. The average molecular weight is 1090 g/mol. The molecule has 0 radical (unpaired) electrons. The fourth-order valence-electron chi connectivity index (χ4n) is 11.4. The molecule has 11 rings (SSSR count). The molecule has 0 spiro atoms. The predicted molar refractivity (Wildman–Crippen MR) is 353 cm³/mol. The zero-order valence-corrected chi connectivity index (χ0v) is 51.2. The predicted octanol–water partition coefficient (Wildman–Crippen LogP) is 23.8. The van der Waals surface area contributed by atoms with Crippen molar-refractivity contribution in [3.63, 3.8) is 0 Å². The Kier molecular flexibility index (Phi) is 13.8. The second-order valence-corrected chi connectivity index (χ2v) is 28.6. The Morgan fingerprint density at radius 3 is 1.38 bits per heavy atom. The van der Waals surface area contributed by atoms with Crippen LogP contribution in [0.1, 0.15) is 132 Å². The standard InChI is InChI=1S/C76H77ClN2S/c1-72(2,3)51-31-35-56(36-32-51)78(57-23-20-22-48(42-57)50-40-54(75(10,11)12)44-55(41-50)76(13,14)15)67-28-21-29-68(71(67)77)79(69-47-80-70-39-34-53(46-65(69)70)74(7,8)9)66-38-33-52(73(4,5)6)45-63(66)49-30-37-62-60-26-17-16-24-58(60)59-25-18-19-27-61(59)64(62)43-49/h16-47H,1-15H3. The van der Waals surface area contributed by atoms with E-state index in [0.717, 1.165) is 50.8 Å². The number of benzene rings is 10. The Balaban J connectivity index is 1.18. The molecule has 0 saturated carbocycles. The van der Waals surface area contributed by atoms with Gasteiger partial charge in [-0.05, 0) is 171 Å². The average Bonchev–Trinajstić information content (AvgIpc) is 4.02. The molecule has 2 nitrogen and oxygen atoms in total. The van der Waals surface area contributed by atoms with Gasteiger partial charge in [0.1, 0.15) is 0 Å². The van der Waals surface area contributed by atoms with Gasteiger partial charge in [0.25, 0.3) is 0 Å². The molecule has 0 amide bonds. The van der Waals surface area contributed by atoms with E-state index in [9.17, 15) is 0 Å². The smallest absolute Gasteiger partial charge is 0.0887 e. The molecule has 1 heterocycles. The van der Waals surface area contributed by atoms with Crippen molar-refractivity contribution in [3.05, 3.63) is 226 Å². The Morgan fingerprint density at radius 1 is 0.300 bits per heavy atom. The van der Waals surface area contributed by atoms with Crippen LogP contribution in [0.5, 0.6) is 0 Å². The van der Waals surface area contributed by atoms with Crippen LogP contribution >= 0.6 is 22.9 Å². The van der Waals surface area contributed by atoms with Crippen LogP contribution in [0.4, 0.5) is 34.1 Å². The van der Waals surface area contributed by atoms with Gasteiger partial charge in [0.05, 0.1) is 27.8 Å². The fourth-order valence-corrected chi connectivity index (χ4v) is 12.6. The molecular formula is C76H77ClN2S. The largest absolute Gasteiger partial charge is 0.309 e. The topological polar surface area (TPSA) is 6.48 Å². The Hall–Kier alpha value is -7.17. The van der Waals surface area contributed by atoms with E-state index in [2.05, 4.69) is 307 Å². The Morgan fingerprint density at radius 2 is 0.800 bits per heavy atom. The van der Waals surface area contributed by atoms with Crippen LogP contribution in [0.2, 0.25) is 5.02 Å². The number of hydrogen-bond donors (Lipinski definition) is 0. The summed E-state index contributed by atoms with van der Waals surface area (Å²) in [6.07, 6.45) is 0. The molecule has 0 N–H and O–H groups in total. The van der Waals surface area contributed by atoms with Crippen LogP contribution in [0.15, 0.2) is 193 Å². The van der Waals surface area contributed by atoms with Crippen molar-refractivity contribution in [2.75, 3.05) is 9.80 Å². The minimum Gasteiger partial charge on any atom is -0.309 e. The second-order valence-electron chi connectivity index (χ2n) is 27.3. The molecule has 404 valence electrons. The lowest BCUT2D eigenvalue weighted by atomic mass is 9.79. The van der Waals surface area contributed by atoms with Gasteiger partial charge < -0.3 is 9.80 Å². The van der Waals surface area contributed by atoms with E-state index in [1.165, 1.54) is 75.8 Å². The first kappa shape index (κ1) is 54.8. The monoisotopic (exact) mass is 1080 g/mol. The summed E-state index contributed by atoms with van der Waals surface area (Å²) in [5, 5.41) is 11.7. The van der Waals surface area contributed by atoms with E-state index in [4.69, 9.17) is 11.6 Å². The number of thiophene rings is 1. The molecule has 0 atom stereocenters. The molecule has 0 aliphatic carbocycles. The lowest BCUT2D eigenvalue weighted by Gasteiger charge is -2.33. The minimum atomic E-state index is -0.119. The molecule has 0 unspecified atom stereocenters. The Bertz CT molecular complexity index is 4090. The van der Waals surface area contributed by atoms with Gasteiger partial charge in [-0.2, -0.15) is 0 Å². The van der Waals surface area contributed by atoms with Crippen LogP contribution in [-0.2, 0) is 27.1 Å². The third kappa shape index (κ3) is 10.3. The SMILES string of the molecule is CC(C)(C)c1ccc(N(c2cccc(-c3cc(C(C)(C)C)cc(C(C)(C)C)c3)c2)c2cccc(N(c3ccc(C(C)(C)C)cc3-c3ccc4c5ccccc5c5ccccc5c4c3)c3csc4ccc(C(C)(C)C)cc34)c2Cl)cc1. The van der Waals surface area contributed by atoms with Gasteiger partial charge in [0.15, 0.2) is 0 Å². The highest BCUT2D eigenvalue weighted by Gasteiger charge is 2.29. The highest BCUT2D eigenvalue weighted by Crippen LogP contribution is 2.53. The van der Waals surface area contributed by atoms with Crippen LogP contribution < -0.4 is 9.80 Å². The molecule has 0 bridgehead atoms. The van der Waals surface area contributed by atoms with Crippen LogP contribution in [0.3, 0.4) is 0 Å². The first-order chi connectivity index (χ1) is 37.7. The van der Waals surface area contributed by atoms with E-state index >= 15 is 0 Å². The first-order valence-electron chi connectivity index (χ1n) is 28.5. The summed E-state index contributed by atoms with van der Waals surface area (Å²) >= 11 is 10.1. The fraction of sp³-hybridized carbons (Fsp3) is 0.263. The van der Waals surface area contributed by atoms with Crippen molar-refractivity contribution in [1.82, 2.24) is 0 Å². The normalized spacial score (nSPS) is 12.8. The van der Waals surface area contributed by atoms with Crippen LogP contribution in [0.25, 0.3) is 64.7 Å². The molecule has 4 heteroatoms. The van der Waals surface area contributed by atoms with Gasteiger partial charge in [0.2, 0.25) is 0 Å². The van der Waals surface area contributed by atoms with Gasteiger partial charge in [-0.3, -0.25) is 0 Å². The molecule has 0 saturated heterocycles. The minimum absolute atomic E-state index is 0.0213. The summed E-state index contributed by atoms with van der Waals surface area (Å²) in [5.41, 5.74) is 16.8. The Labute approximate surface area is 485 Å². The first-order valence-corrected chi connectivity index (χ1v) is 29.8. The van der Waals surface area contributed by atoms with Gasteiger partial charge in [-0.25, -0.2) is 0 Å². The zero-order valence-electron chi connectivity index (χ0n) is 49.7. The highest BCUT2D eigenvalue weighted by atomic mass is 35.5. The van der Waals surface area contributed by atoms with Crippen molar-refractivity contribution < 1.29 is 0 Å². The van der Waals surface area contributed by atoms with Crippen molar-refractivity contribution in [2.45, 2.75) is 131 Å². The molecular weight excluding hydrogens is 1010 g/mol. The van der Waals surface area contributed by atoms with E-state index < -0.39 is 0 Å². The molecule has 0 fully saturated rings. The summed E-state index contributed by atoms with van der Waals surface area (Å²) in [6.45, 7) is 34.5. The van der Waals surface area contributed by atoms with Gasteiger partial charge in [0, 0.05) is 32.4 Å². The third-order valence-electron chi connectivity index (χ3n) is 16.4. The van der Waals surface area contributed by atoms with E-state index in [-0.39, 0.29) is 27.1 Å². The third-order valence-corrected chi connectivity index (χ3v) is 17.7. The highest BCUT2D eigenvalue weighted by molar-refractivity contribution is 7.17. The van der Waals surface area contributed by atoms with E-state index in [0.29, 0.717) is 5.02 Å². The van der Waals surface area contributed by atoms with Crippen LogP contribution in [0, 0.1) is 0 Å². The number of halogens is 1. The quantitative estimate of drug-likeness (QED) is 0.140. The van der Waals surface area contributed by atoms with Gasteiger partial charge in [-0.1, -0.05) is 237 Å². The van der Waals surface area contributed by atoms with Crippen LogP contribution in [-0.4, -0.2) is 0 Å². The molecule has 11 aromatic rings. The van der Waals surface area contributed by atoms with Gasteiger partial charge in [-0.15, -0.1) is 11.3 Å². The van der Waals surface area contributed by atoms with Crippen molar-refractivity contribution in [2.24, 2.45) is 0 Å². The number of anilines is 6. The number of rotatable bonds is 8. The summed E-state index contributed by atoms with van der Waals surface area (Å²) in [4.78, 5) is 4.83. The molecule has 1 aromatic heterocycles. The lowest BCUT2D eigenvalue weighted by Crippen LogP contribution is -2.17. The van der Waals surface area contributed by atoms with Crippen molar-refractivity contribution in [3.8, 4) is 22.3 Å². The zero-order chi connectivity index (χ0) is 56.8. The summed E-state index contributed by atoms with van der Waals surface area (Å²) < 4.78 is 1.23. The lowest BCUT2D eigenvalue weighted by molar-refractivity contribution is 0.569. The summed E-state index contributed by atoms with van der Waals surface area (Å²) in [5.74, 6) is 0. The summed E-state index contributed by atoms with van der Waals surface area (Å²) in [7, 11) is 0. The van der Waals surface area contributed by atoms with Gasteiger partial charge >= 0.3 is 0 Å². The maximum Gasteiger partial charge on any atom is 0.0887 e. The maximum atomic E-state index is 8.34. The van der Waals surface area contributed by atoms with E-state index in [1.54, 1.807) is 11.3 Å². The molecule has 0 aliphatic rings. The number of nitrogens with zero attached hydrogens (tertiary/aromatic N) is 2. The number of fused-ring (bicyclic) bond motifs is 7. The molecule has 0 aliphatic heterocycles. The second kappa shape index (κ2) is 20.1. The van der Waals surface area contributed by atoms with E-state index in [1.807, 2.05) is 0 Å². The molecule has 10 aromatic carbocycles. The van der Waals surface area contributed by atoms with Crippen molar-refractivity contribution >= 4 is 99.5 Å². The maximum absolute atomic E-state index is 8.34. The molecule has 80 heavy (non-hydrogen) atoms. The van der Waals surface area contributed by atoms with Crippen molar-refractivity contribution in [1.29, 1.82) is 0 Å². The summed E-state index contributed by atoms with van der Waals surface area (Å²) in [6, 6.07) is 70.9.